The van der Waals surface area contributed by atoms with Crippen molar-refractivity contribution in [2.24, 2.45) is 0 Å². The summed E-state index contributed by atoms with van der Waals surface area (Å²) in [5.41, 5.74) is -0.673. The van der Waals surface area contributed by atoms with Crippen molar-refractivity contribution in [1.82, 2.24) is 20.9 Å². The Hall–Kier alpha value is -1.14. The highest BCUT2D eigenvalue weighted by atomic mass is 16.2. The number of nitrogens with one attached hydrogen (secondary N) is 3. The van der Waals surface area contributed by atoms with Gasteiger partial charge in [0.05, 0.1) is 0 Å². The second kappa shape index (κ2) is 7.75. The molecule has 0 aromatic heterocycles. The first-order chi connectivity index (χ1) is 10.1. The Morgan fingerprint density at radius 2 is 1.81 bits per heavy atom. The molecule has 3 N–H and O–H groups in total. The Labute approximate surface area is 127 Å². The molecule has 0 aromatic carbocycles. The number of carbonyl (C=O) groups is 2. The van der Waals surface area contributed by atoms with Gasteiger partial charge in [0, 0.05) is 46.2 Å². The van der Waals surface area contributed by atoms with Gasteiger partial charge in [-0.15, -0.1) is 0 Å². The highest BCUT2D eigenvalue weighted by Gasteiger charge is 2.39. The molecule has 1 aliphatic carbocycles. The molecular formula is C15H28N4O2. The number of rotatable bonds is 5. The average Bonchev–Trinajstić information content (AvgIpc) is 2.48. The van der Waals surface area contributed by atoms with Crippen molar-refractivity contribution < 1.29 is 9.59 Å². The zero-order valence-electron chi connectivity index (χ0n) is 13.0. The summed E-state index contributed by atoms with van der Waals surface area (Å²) in [5, 5.41) is 9.26. The Morgan fingerprint density at radius 1 is 1.14 bits per heavy atom. The van der Waals surface area contributed by atoms with Gasteiger partial charge in [-0.1, -0.05) is 19.3 Å². The molecule has 21 heavy (non-hydrogen) atoms. The van der Waals surface area contributed by atoms with Crippen LogP contribution in [0.1, 0.15) is 39.0 Å². The lowest BCUT2D eigenvalue weighted by Gasteiger charge is -2.36. The van der Waals surface area contributed by atoms with E-state index in [4.69, 9.17) is 0 Å². The van der Waals surface area contributed by atoms with Gasteiger partial charge in [0.2, 0.25) is 11.8 Å². The van der Waals surface area contributed by atoms with Crippen molar-refractivity contribution in [1.29, 1.82) is 0 Å². The van der Waals surface area contributed by atoms with Crippen LogP contribution in [0.4, 0.5) is 0 Å². The van der Waals surface area contributed by atoms with Crippen LogP contribution in [0.15, 0.2) is 0 Å². The van der Waals surface area contributed by atoms with Crippen molar-refractivity contribution in [2.75, 3.05) is 39.3 Å². The minimum absolute atomic E-state index is 0.00691. The molecule has 2 rings (SSSR count). The summed E-state index contributed by atoms with van der Waals surface area (Å²) in [5.74, 6) is -0.123. The summed E-state index contributed by atoms with van der Waals surface area (Å²) >= 11 is 0. The topological polar surface area (TPSA) is 73.5 Å². The van der Waals surface area contributed by atoms with Crippen LogP contribution in [0, 0.1) is 0 Å². The smallest absolute Gasteiger partial charge is 0.245 e. The molecule has 120 valence electrons. The van der Waals surface area contributed by atoms with Gasteiger partial charge in [0.1, 0.15) is 5.54 Å². The van der Waals surface area contributed by atoms with E-state index in [1.54, 1.807) is 0 Å². The van der Waals surface area contributed by atoms with Gasteiger partial charge < -0.3 is 16.0 Å². The summed E-state index contributed by atoms with van der Waals surface area (Å²) in [7, 11) is 0. The molecule has 0 aromatic rings. The molecular weight excluding hydrogens is 268 g/mol. The molecule has 1 saturated carbocycles. The predicted molar refractivity (Wildman–Crippen MR) is 82.0 cm³/mol. The molecule has 2 amide bonds. The minimum atomic E-state index is -0.673. The molecule has 1 aliphatic heterocycles. The van der Waals surface area contributed by atoms with E-state index in [1.165, 1.54) is 6.92 Å². The third-order valence-electron chi connectivity index (χ3n) is 4.48. The molecule has 0 spiro atoms. The lowest BCUT2D eigenvalue weighted by Crippen LogP contribution is -2.60. The van der Waals surface area contributed by atoms with Gasteiger partial charge in [-0.3, -0.25) is 14.5 Å². The van der Waals surface area contributed by atoms with Crippen LogP contribution in [-0.2, 0) is 9.59 Å². The summed E-state index contributed by atoms with van der Waals surface area (Å²) in [6.07, 6.45) is 4.67. The van der Waals surface area contributed by atoms with E-state index in [-0.39, 0.29) is 11.8 Å². The van der Waals surface area contributed by atoms with E-state index in [9.17, 15) is 9.59 Å². The molecule has 1 heterocycles. The van der Waals surface area contributed by atoms with E-state index in [0.29, 0.717) is 6.54 Å². The first-order valence-corrected chi connectivity index (χ1v) is 8.12. The minimum Gasteiger partial charge on any atom is -0.353 e. The molecule has 0 unspecified atom stereocenters. The van der Waals surface area contributed by atoms with E-state index in [1.807, 2.05) is 0 Å². The summed E-state index contributed by atoms with van der Waals surface area (Å²) in [6, 6.07) is 0. The molecule has 2 fully saturated rings. The SMILES string of the molecule is CC(=O)NC1(C(=O)NCCN2CCNCC2)CCCCC1. The Bertz CT molecular complexity index is 361. The zero-order chi connectivity index (χ0) is 15.1. The number of piperazine rings is 1. The molecule has 6 nitrogen and oxygen atoms in total. The van der Waals surface area contributed by atoms with Crippen molar-refractivity contribution in [2.45, 2.75) is 44.6 Å². The quantitative estimate of drug-likeness (QED) is 0.659. The Morgan fingerprint density at radius 3 is 2.43 bits per heavy atom. The third kappa shape index (κ3) is 4.68. The number of amides is 2. The van der Waals surface area contributed by atoms with E-state index < -0.39 is 5.54 Å². The fraction of sp³-hybridized carbons (Fsp3) is 0.867. The second-order valence-electron chi connectivity index (χ2n) is 6.17. The van der Waals surface area contributed by atoms with Crippen molar-refractivity contribution in [3.05, 3.63) is 0 Å². The highest BCUT2D eigenvalue weighted by Crippen LogP contribution is 2.28. The maximum absolute atomic E-state index is 12.5. The normalized spacial score (nSPS) is 22.5. The molecule has 1 saturated heterocycles. The van der Waals surface area contributed by atoms with Crippen LogP contribution in [0.3, 0.4) is 0 Å². The monoisotopic (exact) mass is 296 g/mol. The lowest BCUT2D eigenvalue weighted by atomic mass is 9.80. The van der Waals surface area contributed by atoms with Crippen LogP contribution in [0.5, 0.6) is 0 Å². The van der Waals surface area contributed by atoms with Crippen LogP contribution >= 0.6 is 0 Å². The van der Waals surface area contributed by atoms with E-state index in [0.717, 1.165) is 64.8 Å². The maximum Gasteiger partial charge on any atom is 0.245 e. The van der Waals surface area contributed by atoms with Crippen LogP contribution in [0.25, 0.3) is 0 Å². The molecule has 0 bridgehead atoms. The zero-order valence-corrected chi connectivity index (χ0v) is 13.0. The molecule has 0 radical (unpaired) electrons. The average molecular weight is 296 g/mol. The first-order valence-electron chi connectivity index (χ1n) is 8.12. The van der Waals surface area contributed by atoms with Crippen molar-refractivity contribution in [3.8, 4) is 0 Å². The lowest BCUT2D eigenvalue weighted by molar-refractivity contribution is -0.134. The van der Waals surface area contributed by atoms with Gasteiger partial charge in [0.25, 0.3) is 0 Å². The van der Waals surface area contributed by atoms with E-state index >= 15 is 0 Å². The number of hydrogen-bond acceptors (Lipinski definition) is 4. The van der Waals surface area contributed by atoms with Gasteiger partial charge in [-0.25, -0.2) is 0 Å². The Balaban J connectivity index is 1.81. The maximum atomic E-state index is 12.5. The Kier molecular flexibility index (Phi) is 5.99. The first kappa shape index (κ1) is 16.2. The standard InChI is InChI=1S/C15H28N4O2/c1-13(20)18-15(5-3-2-4-6-15)14(21)17-9-12-19-10-7-16-8-11-19/h16H,2-12H2,1H3,(H,17,21)(H,18,20). The van der Waals surface area contributed by atoms with Crippen molar-refractivity contribution >= 4 is 11.8 Å². The van der Waals surface area contributed by atoms with Gasteiger partial charge in [-0.05, 0) is 12.8 Å². The fourth-order valence-electron chi connectivity index (χ4n) is 3.33. The number of carbonyl (C=O) groups excluding carboxylic acids is 2. The largest absolute Gasteiger partial charge is 0.353 e. The van der Waals surface area contributed by atoms with Gasteiger partial charge in [-0.2, -0.15) is 0 Å². The van der Waals surface area contributed by atoms with Crippen LogP contribution in [0.2, 0.25) is 0 Å². The highest BCUT2D eigenvalue weighted by molar-refractivity contribution is 5.91. The van der Waals surface area contributed by atoms with Gasteiger partial charge >= 0.3 is 0 Å². The third-order valence-corrected chi connectivity index (χ3v) is 4.48. The second-order valence-corrected chi connectivity index (χ2v) is 6.17. The van der Waals surface area contributed by atoms with Crippen molar-refractivity contribution in [3.63, 3.8) is 0 Å². The molecule has 6 heteroatoms. The van der Waals surface area contributed by atoms with E-state index in [2.05, 4.69) is 20.9 Å². The van der Waals surface area contributed by atoms with Crippen LogP contribution < -0.4 is 16.0 Å². The summed E-state index contributed by atoms with van der Waals surface area (Å²) < 4.78 is 0. The van der Waals surface area contributed by atoms with Gasteiger partial charge in [0.15, 0.2) is 0 Å². The van der Waals surface area contributed by atoms with Crippen LogP contribution in [-0.4, -0.2) is 61.5 Å². The predicted octanol–water partition coefficient (Wildman–Crippen LogP) is -0.153. The molecule has 0 atom stereocenters. The fourth-order valence-corrected chi connectivity index (χ4v) is 3.33. The molecule has 2 aliphatic rings. The summed E-state index contributed by atoms with van der Waals surface area (Å²) in [6.45, 7) is 7.13. The number of hydrogen-bond donors (Lipinski definition) is 3. The summed E-state index contributed by atoms with van der Waals surface area (Å²) in [4.78, 5) is 26.3. The number of nitrogens with zero attached hydrogens (tertiary/aromatic N) is 1.